The summed E-state index contributed by atoms with van der Waals surface area (Å²) in [5.41, 5.74) is 3.13. The van der Waals surface area contributed by atoms with Crippen molar-refractivity contribution in [3.63, 3.8) is 0 Å². The van der Waals surface area contributed by atoms with Crippen molar-refractivity contribution in [3.05, 3.63) is 40.9 Å². The third-order valence-electron chi connectivity index (χ3n) is 3.81. The molecule has 0 atom stereocenters. The van der Waals surface area contributed by atoms with Crippen LogP contribution in [0.25, 0.3) is 0 Å². The molecule has 1 aromatic heterocycles. The highest BCUT2D eigenvalue weighted by molar-refractivity contribution is 8.01. The van der Waals surface area contributed by atoms with Crippen LogP contribution in [0.1, 0.15) is 24.1 Å². The third kappa shape index (κ3) is 4.80. The second-order valence-corrected chi connectivity index (χ2v) is 7.81. The topological polar surface area (TPSA) is 45.2 Å². The monoisotopic (exact) mass is 347 g/mol. The van der Waals surface area contributed by atoms with Gasteiger partial charge in [-0.3, -0.25) is 9.69 Å². The van der Waals surface area contributed by atoms with Crippen LogP contribution in [0.4, 0.5) is 5.69 Å². The molecule has 23 heavy (non-hydrogen) atoms. The van der Waals surface area contributed by atoms with Crippen molar-refractivity contribution in [2.45, 2.75) is 30.6 Å². The van der Waals surface area contributed by atoms with Crippen LogP contribution in [0.2, 0.25) is 0 Å². The number of para-hydroxylation sites is 1. The summed E-state index contributed by atoms with van der Waals surface area (Å²) in [5.74, 6) is 0.419. The van der Waals surface area contributed by atoms with E-state index in [1.165, 1.54) is 30.2 Å². The molecule has 3 rings (SSSR count). The summed E-state index contributed by atoms with van der Waals surface area (Å²) >= 11 is 3.08. The number of rotatable bonds is 6. The van der Waals surface area contributed by atoms with Gasteiger partial charge in [0.15, 0.2) is 4.34 Å². The first-order chi connectivity index (χ1) is 11.2. The smallest absolute Gasteiger partial charge is 0.234 e. The van der Waals surface area contributed by atoms with Gasteiger partial charge in [0.2, 0.25) is 5.91 Å². The van der Waals surface area contributed by atoms with Crippen LogP contribution >= 0.6 is 23.1 Å². The first-order valence-corrected chi connectivity index (χ1v) is 9.72. The summed E-state index contributed by atoms with van der Waals surface area (Å²) in [7, 11) is 0. The second-order valence-electron chi connectivity index (χ2n) is 5.73. The summed E-state index contributed by atoms with van der Waals surface area (Å²) in [6.07, 6.45) is 2.55. The molecule has 1 saturated heterocycles. The van der Waals surface area contributed by atoms with Crippen LogP contribution in [0.3, 0.4) is 0 Å². The average Bonchev–Trinajstić information content (AvgIpc) is 3.19. The first-order valence-electron chi connectivity index (χ1n) is 7.86. The number of thioether (sulfide) groups is 1. The van der Waals surface area contributed by atoms with Crippen molar-refractivity contribution >= 4 is 34.7 Å². The first kappa shape index (κ1) is 16.5. The van der Waals surface area contributed by atoms with Crippen molar-refractivity contribution in [1.29, 1.82) is 0 Å². The van der Waals surface area contributed by atoms with Gasteiger partial charge in [-0.2, -0.15) is 0 Å². The molecule has 0 aliphatic carbocycles. The van der Waals surface area contributed by atoms with Gasteiger partial charge in [0.05, 0.1) is 5.75 Å². The summed E-state index contributed by atoms with van der Waals surface area (Å²) in [4.78, 5) is 19.0. The Labute approximate surface area is 145 Å². The van der Waals surface area contributed by atoms with Gasteiger partial charge in [0.1, 0.15) is 0 Å². The molecule has 6 heteroatoms. The van der Waals surface area contributed by atoms with E-state index in [4.69, 9.17) is 0 Å². The lowest BCUT2D eigenvalue weighted by atomic mass is 10.1. The van der Waals surface area contributed by atoms with Gasteiger partial charge < -0.3 is 5.32 Å². The minimum absolute atomic E-state index is 0.0247. The van der Waals surface area contributed by atoms with E-state index in [0.29, 0.717) is 5.75 Å². The van der Waals surface area contributed by atoms with E-state index in [9.17, 15) is 4.79 Å². The average molecular weight is 348 g/mol. The fraction of sp³-hybridized carbons (Fsp3) is 0.412. The Hall–Kier alpha value is -1.37. The summed E-state index contributed by atoms with van der Waals surface area (Å²) in [5, 5.41) is 5.06. The van der Waals surface area contributed by atoms with Crippen molar-refractivity contribution < 1.29 is 4.79 Å². The molecule has 0 saturated carbocycles. The molecular formula is C17H21N3OS2. The number of aromatic nitrogens is 1. The van der Waals surface area contributed by atoms with Crippen molar-refractivity contribution in [3.8, 4) is 0 Å². The van der Waals surface area contributed by atoms with Gasteiger partial charge in [0, 0.05) is 23.3 Å². The summed E-state index contributed by atoms with van der Waals surface area (Å²) in [6.45, 7) is 5.19. The molecule has 1 amide bonds. The lowest BCUT2D eigenvalue weighted by Crippen LogP contribution is -2.21. The molecule has 0 spiro atoms. The number of nitrogens with one attached hydrogen (secondary N) is 1. The van der Waals surface area contributed by atoms with Crippen molar-refractivity contribution in [2.24, 2.45) is 0 Å². The SMILES string of the molecule is Cc1csc(SCC(=O)Nc2ccccc2CN2CCCC2)n1. The zero-order chi connectivity index (χ0) is 16.1. The number of thiazole rings is 1. The minimum atomic E-state index is 0.0247. The minimum Gasteiger partial charge on any atom is -0.325 e. The Morgan fingerprint density at radius 3 is 2.87 bits per heavy atom. The van der Waals surface area contributed by atoms with E-state index < -0.39 is 0 Å². The lowest BCUT2D eigenvalue weighted by molar-refractivity contribution is -0.113. The molecule has 1 aliphatic rings. The van der Waals surface area contributed by atoms with Gasteiger partial charge in [-0.15, -0.1) is 11.3 Å². The molecule has 0 bridgehead atoms. The Balaban J connectivity index is 1.57. The number of benzene rings is 1. The normalized spacial score (nSPS) is 15.0. The molecule has 1 aliphatic heterocycles. The number of carbonyl (C=O) groups excluding carboxylic acids is 1. The van der Waals surface area contributed by atoms with Crippen LogP contribution in [-0.4, -0.2) is 34.6 Å². The fourth-order valence-corrected chi connectivity index (χ4v) is 4.32. The molecule has 1 aromatic carbocycles. The molecule has 2 aromatic rings. The molecule has 0 radical (unpaired) electrons. The Bertz CT molecular complexity index is 665. The highest BCUT2D eigenvalue weighted by atomic mass is 32.2. The summed E-state index contributed by atoms with van der Waals surface area (Å²) in [6, 6.07) is 8.10. The van der Waals surface area contributed by atoms with E-state index in [1.807, 2.05) is 30.5 Å². The zero-order valence-corrected chi connectivity index (χ0v) is 14.9. The predicted octanol–water partition coefficient (Wildman–Crippen LogP) is 3.78. The molecule has 2 heterocycles. The maximum absolute atomic E-state index is 12.2. The van der Waals surface area contributed by atoms with Gasteiger partial charge in [-0.25, -0.2) is 4.98 Å². The Morgan fingerprint density at radius 1 is 1.35 bits per heavy atom. The highest BCUT2D eigenvalue weighted by Gasteiger charge is 2.14. The number of hydrogen-bond donors (Lipinski definition) is 1. The number of anilines is 1. The highest BCUT2D eigenvalue weighted by Crippen LogP contribution is 2.23. The van der Waals surface area contributed by atoms with E-state index >= 15 is 0 Å². The standard InChI is InChI=1S/C17H21N3OS2/c1-13-11-22-17(18-13)23-12-16(21)19-15-7-3-2-6-14(15)10-20-8-4-5-9-20/h2-3,6-7,11H,4-5,8-10,12H2,1H3,(H,19,21). The number of nitrogens with zero attached hydrogens (tertiary/aromatic N) is 2. The summed E-state index contributed by atoms with van der Waals surface area (Å²) < 4.78 is 0.947. The number of amides is 1. The second kappa shape index (κ2) is 7.95. The molecule has 1 N–H and O–H groups in total. The maximum Gasteiger partial charge on any atom is 0.234 e. The van der Waals surface area contributed by atoms with Gasteiger partial charge in [0.25, 0.3) is 0 Å². The van der Waals surface area contributed by atoms with E-state index in [2.05, 4.69) is 21.3 Å². The van der Waals surface area contributed by atoms with Gasteiger partial charge in [-0.05, 0) is 44.5 Å². The number of likely N-dealkylation sites (tertiary alicyclic amines) is 1. The number of aryl methyl sites for hydroxylation is 1. The van der Waals surface area contributed by atoms with Crippen LogP contribution in [0.15, 0.2) is 34.0 Å². The molecule has 122 valence electrons. The Morgan fingerprint density at radius 2 is 2.13 bits per heavy atom. The van der Waals surface area contributed by atoms with E-state index in [1.54, 1.807) is 11.3 Å². The van der Waals surface area contributed by atoms with Crippen molar-refractivity contribution in [1.82, 2.24) is 9.88 Å². The van der Waals surface area contributed by atoms with Gasteiger partial charge in [-0.1, -0.05) is 30.0 Å². The lowest BCUT2D eigenvalue weighted by Gasteiger charge is -2.17. The van der Waals surface area contributed by atoms with Gasteiger partial charge >= 0.3 is 0 Å². The van der Waals surface area contributed by atoms with Crippen LogP contribution < -0.4 is 5.32 Å². The van der Waals surface area contributed by atoms with Crippen molar-refractivity contribution in [2.75, 3.05) is 24.2 Å². The third-order valence-corrected chi connectivity index (χ3v) is 5.95. The van der Waals surface area contributed by atoms with E-state index in [0.717, 1.165) is 35.4 Å². The predicted molar refractivity (Wildman–Crippen MR) is 97.2 cm³/mol. The fourth-order valence-electron chi connectivity index (χ4n) is 2.67. The molecular weight excluding hydrogens is 326 g/mol. The zero-order valence-electron chi connectivity index (χ0n) is 13.2. The van der Waals surface area contributed by atoms with Crippen LogP contribution in [0.5, 0.6) is 0 Å². The molecule has 0 unspecified atom stereocenters. The maximum atomic E-state index is 12.2. The van der Waals surface area contributed by atoms with E-state index in [-0.39, 0.29) is 5.91 Å². The molecule has 1 fully saturated rings. The van der Waals surface area contributed by atoms with Crippen LogP contribution in [0, 0.1) is 6.92 Å². The Kier molecular flexibility index (Phi) is 5.70. The quantitative estimate of drug-likeness (QED) is 0.808. The van der Waals surface area contributed by atoms with Crippen LogP contribution in [-0.2, 0) is 11.3 Å². The number of hydrogen-bond acceptors (Lipinski definition) is 5. The number of carbonyl (C=O) groups is 1. The molecule has 4 nitrogen and oxygen atoms in total. The largest absolute Gasteiger partial charge is 0.325 e.